The first-order valence-corrected chi connectivity index (χ1v) is 4.90. The number of rotatable bonds is 0. The van der Waals surface area contributed by atoms with Crippen LogP contribution in [0.4, 0.5) is 5.69 Å². The maximum absolute atomic E-state index is 11.1. The topological polar surface area (TPSA) is 46.2 Å². The Morgan fingerprint density at radius 1 is 1.18 bits per heavy atom. The van der Waals surface area contributed by atoms with Crippen LogP contribution in [0.3, 0.4) is 0 Å². The van der Waals surface area contributed by atoms with Gasteiger partial charge in [-0.15, -0.1) is 0 Å². The van der Waals surface area contributed by atoms with E-state index >= 15 is 0 Å². The number of benzene rings is 1. The quantitative estimate of drug-likeness (QED) is 0.628. The number of hydrogen-bond donors (Lipinski definition) is 1. The highest BCUT2D eigenvalue weighted by Gasteiger charge is 2.15. The summed E-state index contributed by atoms with van der Waals surface area (Å²) in [5.41, 5.74) is 1.48. The Kier molecular flexibility index (Phi) is 1.20. The Balaban J connectivity index is 2.62. The maximum Gasteiger partial charge on any atom is 0.236 e. The van der Waals surface area contributed by atoms with Crippen molar-refractivity contribution < 1.29 is 8.42 Å². The van der Waals surface area contributed by atoms with Crippen molar-refractivity contribution in [3.63, 3.8) is 0 Å². The van der Waals surface area contributed by atoms with Gasteiger partial charge in [0.25, 0.3) is 0 Å². The van der Waals surface area contributed by atoms with Gasteiger partial charge in [0.15, 0.2) is 0 Å². The fraction of sp³-hybridized carbons (Fsp3) is 0.143. The zero-order valence-electron chi connectivity index (χ0n) is 5.74. The highest BCUT2D eigenvalue weighted by molar-refractivity contribution is 7.91. The lowest BCUT2D eigenvalue weighted by Crippen LogP contribution is -2.11. The van der Waals surface area contributed by atoms with Crippen LogP contribution >= 0.6 is 0 Å². The number of hydrogen-bond acceptors (Lipinski definition) is 2. The van der Waals surface area contributed by atoms with E-state index in [1.54, 1.807) is 12.1 Å². The summed E-state index contributed by atoms with van der Waals surface area (Å²) in [6.07, 6.45) is 0. The van der Waals surface area contributed by atoms with E-state index < -0.39 is 10.0 Å². The third-order valence-corrected chi connectivity index (χ3v) is 2.84. The molecule has 0 saturated heterocycles. The third kappa shape index (κ3) is 1.21. The summed E-state index contributed by atoms with van der Waals surface area (Å²) >= 11 is 0. The van der Waals surface area contributed by atoms with E-state index in [-0.39, 0.29) is 5.75 Å². The van der Waals surface area contributed by atoms with Gasteiger partial charge in [-0.1, -0.05) is 12.1 Å². The van der Waals surface area contributed by atoms with Gasteiger partial charge in [0.2, 0.25) is 10.0 Å². The van der Waals surface area contributed by atoms with Gasteiger partial charge in [0.05, 0.1) is 5.75 Å². The van der Waals surface area contributed by atoms with Gasteiger partial charge in [0.1, 0.15) is 0 Å². The van der Waals surface area contributed by atoms with E-state index in [0.29, 0.717) is 5.69 Å². The zero-order valence-corrected chi connectivity index (χ0v) is 6.56. The molecule has 0 atom stereocenters. The molecule has 0 aromatic heterocycles. The minimum Gasteiger partial charge on any atom is -0.283 e. The van der Waals surface area contributed by atoms with Crippen molar-refractivity contribution in [2.24, 2.45) is 0 Å². The summed E-state index contributed by atoms with van der Waals surface area (Å²) in [7, 11) is -3.10. The van der Waals surface area contributed by atoms with Gasteiger partial charge >= 0.3 is 0 Å². The molecule has 1 aromatic rings. The molecule has 0 radical (unpaired) electrons. The van der Waals surface area contributed by atoms with Crippen molar-refractivity contribution in [1.82, 2.24) is 0 Å². The number of fused-ring (bicyclic) bond motifs is 4. The first kappa shape index (κ1) is 6.67. The minimum absolute atomic E-state index is 0.0868. The fourth-order valence-corrected chi connectivity index (χ4v) is 2.30. The lowest BCUT2D eigenvalue weighted by molar-refractivity contribution is 0.601. The molecule has 11 heavy (non-hydrogen) atoms. The molecule has 0 unspecified atom stereocenters. The predicted octanol–water partition coefficient (Wildman–Crippen LogP) is 0.942. The van der Waals surface area contributed by atoms with Crippen LogP contribution in [0.15, 0.2) is 24.3 Å². The molecule has 1 aromatic carbocycles. The van der Waals surface area contributed by atoms with Crippen LogP contribution in [0.2, 0.25) is 0 Å². The lowest BCUT2D eigenvalue weighted by Gasteiger charge is -1.99. The van der Waals surface area contributed by atoms with Gasteiger partial charge in [-0.2, -0.15) is 0 Å². The molecular weight excluding hydrogens is 162 g/mol. The standard InChI is InChI=1S/C7H7NO2S/c9-11(10)5-6-1-3-7(8-11)4-2-6/h1-4,8H,5H2. The van der Waals surface area contributed by atoms with Crippen LogP contribution in [0.5, 0.6) is 0 Å². The molecule has 3 nitrogen and oxygen atoms in total. The number of anilines is 1. The van der Waals surface area contributed by atoms with Crippen LogP contribution in [-0.4, -0.2) is 8.42 Å². The van der Waals surface area contributed by atoms with Crippen molar-refractivity contribution in [3.05, 3.63) is 29.8 Å². The first-order chi connectivity index (χ1) is 5.16. The third-order valence-electron chi connectivity index (χ3n) is 1.58. The van der Waals surface area contributed by atoms with E-state index in [0.717, 1.165) is 5.56 Å². The molecule has 2 bridgehead atoms. The summed E-state index contributed by atoms with van der Waals surface area (Å²) in [4.78, 5) is 0. The first-order valence-electron chi connectivity index (χ1n) is 3.25. The second kappa shape index (κ2) is 1.98. The molecule has 3 rings (SSSR count). The van der Waals surface area contributed by atoms with E-state index in [1.807, 2.05) is 12.1 Å². The van der Waals surface area contributed by atoms with Crippen molar-refractivity contribution in [2.45, 2.75) is 5.75 Å². The van der Waals surface area contributed by atoms with Crippen molar-refractivity contribution in [3.8, 4) is 0 Å². The van der Waals surface area contributed by atoms with Crippen molar-refractivity contribution >= 4 is 15.7 Å². The fourth-order valence-electron chi connectivity index (χ4n) is 1.10. The maximum atomic E-state index is 11.1. The molecule has 2 aliphatic rings. The lowest BCUT2D eigenvalue weighted by atomic mass is 10.2. The smallest absolute Gasteiger partial charge is 0.236 e. The normalized spacial score (nSPS) is 18.9. The van der Waals surface area contributed by atoms with Crippen molar-refractivity contribution in [1.29, 1.82) is 0 Å². The summed E-state index contributed by atoms with van der Waals surface area (Å²) in [5, 5.41) is 0. The molecule has 0 amide bonds. The van der Waals surface area contributed by atoms with Gasteiger partial charge in [-0.3, -0.25) is 4.72 Å². The zero-order chi connectivity index (χ0) is 7.90. The molecular formula is C7H7NO2S. The molecule has 2 aliphatic heterocycles. The molecule has 4 heteroatoms. The van der Waals surface area contributed by atoms with E-state index in [2.05, 4.69) is 4.72 Å². The van der Waals surface area contributed by atoms with Crippen LogP contribution in [0.25, 0.3) is 0 Å². The largest absolute Gasteiger partial charge is 0.283 e. The van der Waals surface area contributed by atoms with Crippen molar-refractivity contribution in [2.75, 3.05) is 4.72 Å². The van der Waals surface area contributed by atoms with Gasteiger partial charge in [-0.05, 0) is 17.7 Å². The summed E-state index contributed by atoms with van der Waals surface area (Å²) in [6, 6.07) is 7.15. The summed E-state index contributed by atoms with van der Waals surface area (Å²) < 4.78 is 24.6. The summed E-state index contributed by atoms with van der Waals surface area (Å²) in [6.45, 7) is 0. The second-order valence-corrected chi connectivity index (χ2v) is 4.28. The Hall–Kier alpha value is -1.03. The summed E-state index contributed by atoms with van der Waals surface area (Å²) in [5.74, 6) is 0.0868. The minimum atomic E-state index is -3.10. The van der Waals surface area contributed by atoms with E-state index in [1.165, 1.54) is 0 Å². The van der Waals surface area contributed by atoms with Crippen LogP contribution in [0, 0.1) is 0 Å². The molecule has 0 aliphatic carbocycles. The highest BCUT2D eigenvalue weighted by Crippen LogP contribution is 2.18. The Morgan fingerprint density at radius 3 is 2.45 bits per heavy atom. The molecule has 0 fully saturated rings. The Labute approximate surface area is 65.1 Å². The van der Waals surface area contributed by atoms with Crippen LogP contribution < -0.4 is 4.72 Å². The highest BCUT2D eigenvalue weighted by atomic mass is 32.2. The van der Waals surface area contributed by atoms with Gasteiger partial charge < -0.3 is 0 Å². The van der Waals surface area contributed by atoms with Crippen LogP contribution in [-0.2, 0) is 15.8 Å². The number of nitrogens with one attached hydrogen (secondary N) is 1. The molecule has 58 valence electrons. The average molecular weight is 169 g/mol. The Bertz CT molecular complexity index is 335. The predicted molar refractivity (Wildman–Crippen MR) is 42.7 cm³/mol. The van der Waals surface area contributed by atoms with Crippen LogP contribution in [0.1, 0.15) is 5.56 Å². The average Bonchev–Trinajstić information content (AvgIpc) is 2.12. The second-order valence-electron chi connectivity index (χ2n) is 2.56. The van der Waals surface area contributed by atoms with Gasteiger partial charge in [-0.25, -0.2) is 8.42 Å². The SMILES string of the molecule is O=S1(=O)Cc2ccc(cc2)N1. The monoisotopic (exact) mass is 169 g/mol. The van der Waals surface area contributed by atoms with E-state index in [4.69, 9.17) is 0 Å². The molecule has 0 spiro atoms. The number of sulfonamides is 1. The Morgan fingerprint density at radius 2 is 1.82 bits per heavy atom. The molecule has 1 N–H and O–H groups in total. The molecule has 0 saturated carbocycles. The van der Waals surface area contributed by atoms with E-state index in [9.17, 15) is 8.42 Å². The molecule has 2 heterocycles. The van der Waals surface area contributed by atoms with Gasteiger partial charge in [0, 0.05) is 5.69 Å².